The Morgan fingerprint density at radius 2 is 2.12 bits per heavy atom. The Morgan fingerprint density at radius 1 is 1.32 bits per heavy atom. The summed E-state index contributed by atoms with van der Waals surface area (Å²) in [5.41, 5.74) is 1.11. The van der Waals surface area contributed by atoms with Crippen LogP contribution in [-0.2, 0) is 11.3 Å². The van der Waals surface area contributed by atoms with E-state index in [2.05, 4.69) is 27.3 Å². The molecule has 0 saturated heterocycles. The maximum atomic E-state index is 11.9. The predicted octanol–water partition coefficient (Wildman–Crippen LogP) is 2.65. The number of para-hydroxylation sites is 1. The molecule has 0 N–H and O–H groups in total. The van der Waals surface area contributed by atoms with Crippen LogP contribution in [0, 0.1) is 0 Å². The normalized spacial score (nSPS) is 10.9. The third-order valence-corrected chi connectivity index (χ3v) is 4.46. The summed E-state index contributed by atoms with van der Waals surface area (Å²) in [5, 5.41) is 11.6. The zero-order chi connectivity index (χ0) is 18.1. The van der Waals surface area contributed by atoms with Crippen LogP contribution in [0.2, 0.25) is 0 Å². The number of aromatic nitrogens is 4. The highest BCUT2D eigenvalue weighted by Gasteiger charge is 2.17. The topological polar surface area (TPSA) is 82.4 Å². The summed E-state index contributed by atoms with van der Waals surface area (Å²) in [7, 11) is 1.67. The molecule has 0 aliphatic rings. The molecule has 2 aromatic rings. The molecule has 25 heavy (non-hydrogen) atoms. The Kier molecular flexibility index (Phi) is 7.68. The highest BCUT2D eigenvalue weighted by Crippen LogP contribution is 2.22. The van der Waals surface area contributed by atoms with E-state index in [4.69, 9.17) is 9.47 Å². The van der Waals surface area contributed by atoms with E-state index in [0.29, 0.717) is 17.6 Å². The average molecular weight is 365 g/mol. The van der Waals surface area contributed by atoms with Gasteiger partial charge in [0.25, 0.3) is 0 Å². The standard InChI is InChI=1S/C16H23N5O3S/c1-4-10-24-16(22)21-15(17-18-19-21)25-12-20(5-2)11-13-8-6-7-9-14(13)23-3/h6-9H,4-5,10-12H2,1-3H3. The lowest BCUT2D eigenvalue weighted by Gasteiger charge is -2.20. The van der Waals surface area contributed by atoms with Gasteiger partial charge in [-0.2, -0.15) is 0 Å². The Hall–Kier alpha value is -2.13. The van der Waals surface area contributed by atoms with Gasteiger partial charge in [0.2, 0.25) is 5.16 Å². The first-order valence-corrected chi connectivity index (χ1v) is 9.10. The molecule has 136 valence electrons. The van der Waals surface area contributed by atoms with Crippen molar-refractivity contribution in [2.24, 2.45) is 0 Å². The molecule has 9 heteroatoms. The van der Waals surface area contributed by atoms with Gasteiger partial charge in [0.15, 0.2) is 0 Å². The lowest BCUT2D eigenvalue weighted by molar-refractivity contribution is 0.141. The molecule has 1 aromatic carbocycles. The summed E-state index contributed by atoms with van der Waals surface area (Å²) < 4.78 is 11.6. The fraction of sp³-hybridized carbons (Fsp3) is 0.500. The molecule has 1 aromatic heterocycles. The van der Waals surface area contributed by atoms with Crippen molar-refractivity contribution in [1.82, 2.24) is 25.1 Å². The Labute approximate surface area is 151 Å². The van der Waals surface area contributed by atoms with Crippen molar-refractivity contribution in [1.29, 1.82) is 0 Å². The molecule has 2 rings (SSSR count). The number of nitrogens with zero attached hydrogens (tertiary/aromatic N) is 5. The molecule has 0 atom stereocenters. The van der Waals surface area contributed by atoms with E-state index >= 15 is 0 Å². The van der Waals surface area contributed by atoms with E-state index in [9.17, 15) is 4.79 Å². The second kappa shape index (κ2) is 10.00. The first-order chi connectivity index (χ1) is 12.2. The fourth-order valence-electron chi connectivity index (χ4n) is 2.11. The molecular weight excluding hydrogens is 342 g/mol. The van der Waals surface area contributed by atoms with Gasteiger partial charge in [-0.25, -0.2) is 4.79 Å². The van der Waals surface area contributed by atoms with Crippen LogP contribution >= 0.6 is 11.8 Å². The highest BCUT2D eigenvalue weighted by atomic mass is 32.2. The lowest BCUT2D eigenvalue weighted by atomic mass is 10.2. The minimum absolute atomic E-state index is 0.345. The summed E-state index contributed by atoms with van der Waals surface area (Å²) in [6, 6.07) is 7.92. The van der Waals surface area contributed by atoms with Gasteiger partial charge < -0.3 is 9.47 Å². The molecular formula is C16H23N5O3S. The minimum atomic E-state index is -0.554. The van der Waals surface area contributed by atoms with Crippen LogP contribution in [-0.4, -0.2) is 57.3 Å². The first kappa shape index (κ1) is 19.2. The molecule has 1 heterocycles. The van der Waals surface area contributed by atoms with Crippen LogP contribution in [0.4, 0.5) is 4.79 Å². The Balaban J connectivity index is 1.97. The van der Waals surface area contributed by atoms with Gasteiger partial charge in [0, 0.05) is 12.1 Å². The van der Waals surface area contributed by atoms with Crippen LogP contribution in [0.1, 0.15) is 25.8 Å². The number of benzene rings is 1. The number of ether oxygens (including phenoxy) is 2. The van der Waals surface area contributed by atoms with Gasteiger partial charge in [-0.05, 0) is 29.5 Å². The van der Waals surface area contributed by atoms with Crippen molar-refractivity contribution < 1.29 is 14.3 Å². The summed E-state index contributed by atoms with van der Waals surface area (Å²) in [6.07, 6.45) is 0.195. The summed E-state index contributed by atoms with van der Waals surface area (Å²) in [6.45, 7) is 5.92. The van der Waals surface area contributed by atoms with Crippen LogP contribution in [0.25, 0.3) is 0 Å². The molecule has 8 nitrogen and oxygen atoms in total. The SMILES string of the molecule is CCCOC(=O)n1nnnc1SCN(CC)Cc1ccccc1OC. The molecule has 0 amide bonds. The average Bonchev–Trinajstić information content (AvgIpc) is 3.12. The molecule has 0 radical (unpaired) electrons. The second-order valence-electron chi connectivity index (χ2n) is 5.22. The Bertz CT molecular complexity index is 679. The van der Waals surface area contributed by atoms with E-state index < -0.39 is 6.09 Å². The number of methoxy groups -OCH3 is 1. The zero-order valence-corrected chi connectivity index (χ0v) is 15.5. The van der Waals surface area contributed by atoms with Crippen molar-refractivity contribution in [2.45, 2.75) is 32.0 Å². The fourth-order valence-corrected chi connectivity index (χ4v) is 3.01. The highest BCUT2D eigenvalue weighted by molar-refractivity contribution is 7.99. The molecule has 0 bridgehead atoms. The van der Waals surface area contributed by atoms with E-state index in [-0.39, 0.29) is 0 Å². The maximum Gasteiger partial charge on any atom is 0.438 e. The van der Waals surface area contributed by atoms with Crippen molar-refractivity contribution in [3.63, 3.8) is 0 Å². The summed E-state index contributed by atoms with van der Waals surface area (Å²) in [5.74, 6) is 1.50. The predicted molar refractivity (Wildman–Crippen MR) is 94.7 cm³/mol. The van der Waals surface area contributed by atoms with Crippen molar-refractivity contribution in [2.75, 3.05) is 26.1 Å². The number of rotatable bonds is 9. The van der Waals surface area contributed by atoms with Crippen LogP contribution < -0.4 is 4.74 Å². The van der Waals surface area contributed by atoms with Gasteiger partial charge in [0.05, 0.1) is 19.6 Å². The zero-order valence-electron chi connectivity index (χ0n) is 14.7. The first-order valence-electron chi connectivity index (χ1n) is 8.12. The van der Waals surface area contributed by atoms with Gasteiger partial charge in [0.1, 0.15) is 5.75 Å². The quantitative estimate of drug-likeness (QED) is 0.381. The summed E-state index contributed by atoms with van der Waals surface area (Å²) >= 11 is 1.39. The van der Waals surface area contributed by atoms with Crippen LogP contribution in [0.3, 0.4) is 0 Å². The molecule has 0 aliphatic heterocycles. The number of tetrazole rings is 1. The molecule has 0 saturated carbocycles. The van der Waals surface area contributed by atoms with Crippen molar-refractivity contribution in [3.8, 4) is 5.75 Å². The number of carbonyl (C=O) groups excluding carboxylic acids is 1. The number of hydrogen-bond acceptors (Lipinski definition) is 8. The third kappa shape index (κ3) is 5.43. The van der Waals surface area contributed by atoms with E-state index in [1.165, 1.54) is 11.8 Å². The number of hydrogen-bond donors (Lipinski definition) is 0. The molecule has 0 spiro atoms. The van der Waals surface area contributed by atoms with Gasteiger partial charge in [-0.1, -0.05) is 43.8 Å². The molecule has 0 aliphatic carbocycles. The lowest BCUT2D eigenvalue weighted by Crippen LogP contribution is -2.23. The van der Waals surface area contributed by atoms with Crippen LogP contribution in [0.5, 0.6) is 5.75 Å². The Morgan fingerprint density at radius 3 is 2.84 bits per heavy atom. The van der Waals surface area contributed by atoms with Gasteiger partial charge in [-0.15, -0.1) is 9.78 Å². The van der Waals surface area contributed by atoms with Gasteiger partial charge >= 0.3 is 6.09 Å². The summed E-state index contributed by atoms with van der Waals surface area (Å²) in [4.78, 5) is 14.1. The van der Waals surface area contributed by atoms with E-state index in [1.807, 2.05) is 31.2 Å². The minimum Gasteiger partial charge on any atom is -0.496 e. The van der Waals surface area contributed by atoms with Gasteiger partial charge in [-0.3, -0.25) is 4.90 Å². The smallest absolute Gasteiger partial charge is 0.438 e. The molecule has 0 fully saturated rings. The number of thioether (sulfide) groups is 1. The van der Waals surface area contributed by atoms with Crippen molar-refractivity contribution >= 4 is 17.9 Å². The van der Waals surface area contributed by atoms with E-state index in [0.717, 1.165) is 35.5 Å². The molecule has 0 unspecified atom stereocenters. The number of carbonyl (C=O) groups is 1. The maximum absolute atomic E-state index is 11.9. The monoisotopic (exact) mass is 365 g/mol. The van der Waals surface area contributed by atoms with Crippen molar-refractivity contribution in [3.05, 3.63) is 29.8 Å². The second-order valence-corrected chi connectivity index (χ2v) is 6.13. The third-order valence-electron chi connectivity index (χ3n) is 3.45. The largest absolute Gasteiger partial charge is 0.496 e. The van der Waals surface area contributed by atoms with E-state index in [1.54, 1.807) is 7.11 Å². The van der Waals surface area contributed by atoms with Crippen LogP contribution in [0.15, 0.2) is 29.4 Å².